The van der Waals surface area contributed by atoms with Gasteiger partial charge in [0.05, 0.1) is 0 Å². The van der Waals surface area contributed by atoms with Crippen molar-refractivity contribution in [3.8, 4) is 11.1 Å². The van der Waals surface area contributed by atoms with E-state index in [1.54, 1.807) is 5.56 Å². The van der Waals surface area contributed by atoms with Gasteiger partial charge in [-0.25, -0.2) is 0 Å². The van der Waals surface area contributed by atoms with Crippen LogP contribution in [0.3, 0.4) is 0 Å². The lowest BCUT2D eigenvalue weighted by molar-refractivity contribution is 1.28. The van der Waals surface area contributed by atoms with Crippen molar-refractivity contribution < 1.29 is 0 Å². The molecule has 1 heteroatoms. The summed E-state index contributed by atoms with van der Waals surface area (Å²) in [6, 6.07) is 13.2. The molecule has 0 saturated heterocycles. The summed E-state index contributed by atoms with van der Waals surface area (Å²) in [5.74, 6) is 0. The van der Waals surface area contributed by atoms with Gasteiger partial charge in [0, 0.05) is 0 Å². The SMILES string of the molecule is [B]1c2ccc3c(c21)Cc1ccccc1-3. The summed E-state index contributed by atoms with van der Waals surface area (Å²) in [7, 11) is 2.28. The zero-order valence-corrected chi connectivity index (χ0v) is 7.75. The summed E-state index contributed by atoms with van der Waals surface area (Å²) >= 11 is 0. The highest BCUT2D eigenvalue weighted by Crippen LogP contribution is 2.35. The fraction of sp³-hybridized carbons (Fsp3) is 0.0769. The van der Waals surface area contributed by atoms with Gasteiger partial charge < -0.3 is 0 Å². The standard InChI is InChI=1S/C13H8B/c1-2-4-9-8(3-1)7-11-10(9)5-6-12-13(11)14-12/h1-6H,7H2. The van der Waals surface area contributed by atoms with Gasteiger partial charge in [-0.05, 0) is 28.7 Å². The van der Waals surface area contributed by atoms with E-state index in [1.807, 2.05) is 0 Å². The average molecular weight is 175 g/mol. The van der Waals surface area contributed by atoms with Gasteiger partial charge in [-0.15, -0.1) is 0 Å². The lowest BCUT2D eigenvalue weighted by Gasteiger charge is -1.98. The molecule has 1 radical (unpaired) electrons. The second kappa shape index (κ2) is 2.11. The summed E-state index contributed by atoms with van der Waals surface area (Å²) in [5, 5.41) is 0. The Morgan fingerprint density at radius 2 is 1.86 bits per heavy atom. The van der Waals surface area contributed by atoms with Crippen LogP contribution in [0, 0.1) is 0 Å². The monoisotopic (exact) mass is 175 g/mol. The summed E-state index contributed by atoms with van der Waals surface area (Å²) in [4.78, 5) is 0. The Balaban J connectivity index is 2.08. The molecule has 1 aliphatic carbocycles. The second-order valence-corrected chi connectivity index (χ2v) is 4.07. The largest absolute Gasteiger partial charge is 0.190 e. The summed E-state index contributed by atoms with van der Waals surface area (Å²) in [6.45, 7) is 0. The smallest absolute Gasteiger partial charge is 0.0868 e. The fourth-order valence-corrected chi connectivity index (χ4v) is 2.51. The number of hydrogen-bond acceptors (Lipinski definition) is 0. The maximum Gasteiger partial charge on any atom is 0.190 e. The van der Waals surface area contributed by atoms with Crippen molar-refractivity contribution in [3.63, 3.8) is 0 Å². The second-order valence-electron chi connectivity index (χ2n) is 4.07. The first-order valence-electron chi connectivity index (χ1n) is 5.02. The summed E-state index contributed by atoms with van der Waals surface area (Å²) in [6.07, 6.45) is 1.13. The number of fused-ring (bicyclic) bond motifs is 5. The highest BCUT2D eigenvalue weighted by molar-refractivity contribution is 6.87. The van der Waals surface area contributed by atoms with Gasteiger partial charge in [0.15, 0.2) is 7.28 Å². The maximum atomic E-state index is 2.28. The third-order valence-corrected chi connectivity index (χ3v) is 3.28. The van der Waals surface area contributed by atoms with Crippen molar-refractivity contribution >= 4 is 18.2 Å². The minimum Gasteiger partial charge on any atom is -0.0868 e. The maximum absolute atomic E-state index is 2.28. The van der Waals surface area contributed by atoms with Gasteiger partial charge in [0.2, 0.25) is 0 Å². The number of benzene rings is 2. The van der Waals surface area contributed by atoms with Gasteiger partial charge in [-0.2, -0.15) is 0 Å². The van der Waals surface area contributed by atoms with E-state index in [2.05, 4.69) is 43.7 Å². The molecule has 0 fully saturated rings. The molecule has 0 saturated carbocycles. The van der Waals surface area contributed by atoms with E-state index >= 15 is 0 Å². The molecule has 0 unspecified atom stereocenters. The molecule has 0 aromatic heterocycles. The van der Waals surface area contributed by atoms with Crippen LogP contribution in [0.5, 0.6) is 0 Å². The molecule has 0 bridgehead atoms. The van der Waals surface area contributed by atoms with Crippen LogP contribution in [0.2, 0.25) is 0 Å². The molecule has 0 nitrogen and oxygen atoms in total. The first-order chi connectivity index (χ1) is 6.93. The Morgan fingerprint density at radius 3 is 2.86 bits per heavy atom. The molecule has 0 amide bonds. The van der Waals surface area contributed by atoms with Gasteiger partial charge in [-0.3, -0.25) is 0 Å². The third kappa shape index (κ3) is 0.712. The van der Waals surface area contributed by atoms with Crippen molar-refractivity contribution in [3.05, 3.63) is 47.5 Å². The average Bonchev–Trinajstić information content (AvgIpc) is 2.92. The van der Waals surface area contributed by atoms with E-state index in [9.17, 15) is 0 Å². The molecule has 4 rings (SSSR count). The topological polar surface area (TPSA) is 0 Å². The normalized spacial score (nSPS) is 14.0. The molecule has 63 valence electrons. The molecule has 14 heavy (non-hydrogen) atoms. The first kappa shape index (κ1) is 6.89. The van der Waals surface area contributed by atoms with E-state index in [0.717, 1.165) is 6.42 Å². The molecular weight excluding hydrogens is 167 g/mol. The molecular formula is C13H8B. The molecule has 1 aliphatic heterocycles. The van der Waals surface area contributed by atoms with Crippen molar-refractivity contribution in [2.75, 3.05) is 0 Å². The van der Waals surface area contributed by atoms with E-state index in [4.69, 9.17) is 0 Å². The predicted octanol–water partition coefficient (Wildman–Crippen LogP) is 1.23. The van der Waals surface area contributed by atoms with Crippen LogP contribution < -0.4 is 10.9 Å². The molecule has 2 aliphatic rings. The Kier molecular flexibility index (Phi) is 1.04. The van der Waals surface area contributed by atoms with Crippen LogP contribution in [-0.2, 0) is 6.42 Å². The number of rotatable bonds is 0. The molecule has 0 spiro atoms. The molecule has 0 N–H and O–H groups in total. The lowest BCUT2D eigenvalue weighted by Crippen LogP contribution is -1.97. The van der Waals surface area contributed by atoms with Crippen molar-refractivity contribution in [2.45, 2.75) is 6.42 Å². The van der Waals surface area contributed by atoms with Crippen LogP contribution in [0.25, 0.3) is 11.1 Å². The van der Waals surface area contributed by atoms with Gasteiger partial charge >= 0.3 is 0 Å². The van der Waals surface area contributed by atoms with E-state index in [0.29, 0.717) is 0 Å². The third-order valence-electron chi connectivity index (χ3n) is 3.28. The zero-order valence-electron chi connectivity index (χ0n) is 7.75. The van der Waals surface area contributed by atoms with Gasteiger partial charge in [0.25, 0.3) is 0 Å². The predicted molar refractivity (Wildman–Crippen MR) is 59.7 cm³/mol. The van der Waals surface area contributed by atoms with Crippen molar-refractivity contribution in [1.82, 2.24) is 0 Å². The summed E-state index contributed by atoms with van der Waals surface area (Å²) < 4.78 is 0. The molecule has 1 heterocycles. The molecule has 2 aromatic carbocycles. The minimum absolute atomic E-state index is 1.13. The highest BCUT2D eigenvalue weighted by atomic mass is 14.2. The quantitative estimate of drug-likeness (QED) is 0.352. The minimum atomic E-state index is 1.13. The Hall–Kier alpha value is -1.50. The van der Waals surface area contributed by atoms with E-state index in [-0.39, 0.29) is 0 Å². The van der Waals surface area contributed by atoms with Crippen LogP contribution in [0.1, 0.15) is 11.1 Å². The van der Waals surface area contributed by atoms with Crippen LogP contribution >= 0.6 is 0 Å². The Morgan fingerprint density at radius 1 is 0.929 bits per heavy atom. The van der Waals surface area contributed by atoms with E-state index < -0.39 is 0 Å². The Bertz CT molecular complexity index is 555. The van der Waals surface area contributed by atoms with Crippen molar-refractivity contribution in [1.29, 1.82) is 0 Å². The van der Waals surface area contributed by atoms with Crippen LogP contribution in [0.15, 0.2) is 36.4 Å². The first-order valence-corrected chi connectivity index (χ1v) is 5.02. The fourth-order valence-electron chi connectivity index (χ4n) is 2.51. The van der Waals surface area contributed by atoms with Gasteiger partial charge in [0.1, 0.15) is 0 Å². The number of hydrogen-bond donors (Lipinski definition) is 0. The molecule has 0 atom stereocenters. The van der Waals surface area contributed by atoms with E-state index in [1.165, 1.54) is 27.6 Å². The van der Waals surface area contributed by atoms with Crippen LogP contribution in [0.4, 0.5) is 0 Å². The highest BCUT2D eigenvalue weighted by Gasteiger charge is 2.28. The van der Waals surface area contributed by atoms with Gasteiger partial charge in [-0.1, -0.05) is 47.3 Å². The van der Waals surface area contributed by atoms with Crippen LogP contribution in [-0.4, -0.2) is 7.28 Å². The zero-order chi connectivity index (χ0) is 9.12. The lowest BCUT2D eigenvalue weighted by atomic mass is 9.96. The molecule has 2 aromatic rings. The van der Waals surface area contributed by atoms with Crippen molar-refractivity contribution in [2.24, 2.45) is 0 Å². The summed E-state index contributed by atoms with van der Waals surface area (Å²) in [5.41, 5.74) is 8.86. The Labute approximate surface area is 83.8 Å².